The summed E-state index contributed by atoms with van der Waals surface area (Å²) in [4.78, 5) is 11.4. The largest absolute Gasteiger partial charge is 0.444 e. The van der Waals surface area contributed by atoms with Crippen LogP contribution in [0.4, 0.5) is 4.79 Å². The number of hydrogen-bond donors (Lipinski definition) is 2. The van der Waals surface area contributed by atoms with Gasteiger partial charge >= 0.3 is 6.09 Å². The van der Waals surface area contributed by atoms with Gasteiger partial charge in [-0.05, 0) is 44.9 Å². The highest BCUT2D eigenvalue weighted by Crippen LogP contribution is 2.19. The number of nitrogens with zero attached hydrogens (tertiary/aromatic N) is 1. The standard InChI is InChI=1S/C15H16BrN3O2/c1-15(2,3)21-14(20)17-8-4-5-12-11-7-6-10(16)9-13(11)19-18-12/h6-7,9H,8H2,1-3H3,(H,17,20)(H,18,19). The van der Waals surface area contributed by atoms with Gasteiger partial charge < -0.3 is 10.1 Å². The average Bonchev–Trinajstić information content (AvgIpc) is 2.75. The Labute approximate surface area is 131 Å². The van der Waals surface area contributed by atoms with Crippen LogP contribution in [0.2, 0.25) is 0 Å². The van der Waals surface area contributed by atoms with Crippen molar-refractivity contribution in [3.05, 3.63) is 28.4 Å². The lowest BCUT2D eigenvalue weighted by atomic mass is 10.2. The molecule has 0 aliphatic carbocycles. The van der Waals surface area contributed by atoms with Crippen molar-refractivity contribution in [1.29, 1.82) is 0 Å². The predicted molar refractivity (Wildman–Crippen MR) is 84.9 cm³/mol. The Morgan fingerprint density at radius 2 is 2.24 bits per heavy atom. The second-order valence-corrected chi connectivity index (χ2v) is 6.33. The number of alkyl carbamates (subject to hydrolysis) is 1. The summed E-state index contributed by atoms with van der Waals surface area (Å²) < 4.78 is 6.08. The number of amides is 1. The molecule has 0 spiro atoms. The van der Waals surface area contributed by atoms with Crippen molar-refractivity contribution in [2.24, 2.45) is 0 Å². The first-order chi connectivity index (χ1) is 9.85. The molecule has 1 aromatic carbocycles. The number of benzene rings is 1. The molecule has 1 aromatic heterocycles. The van der Waals surface area contributed by atoms with Crippen LogP contribution in [-0.2, 0) is 4.74 Å². The first-order valence-electron chi connectivity index (χ1n) is 6.44. The SMILES string of the molecule is CC(C)(C)OC(=O)NCC#Cc1[nH]nc2cc(Br)ccc12. The van der Waals surface area contributed by atoms with Gasteiger partial charge in [-0.3, -0.25) is 5.10 Å². The number of hydrogen-bond acceptors (Lipinski definition) is 3. The molecule has 1 heterocycles. The second-order valence-electron chi connectivity index (χ2n) is 5.42. The Kier molecular flexibility index (Phi) is 4.53. The van der Waals surface area contributed by atoms with Crippen molar-refractivity contribution < 1.29 is 9.53 Å². The average molecular weight is 350 g/mol. The lowest BCUT2D eigenvalue weighted by molar-refractivity contribution is 0.0535. The van der Waals surface area contributed by atoms with Gasteiger partial charge in [-0.15, -0.1) is 0 Å². The summed E-state index contributed by atoms with van der Waals surface area (Å²) in [5.41, 5.74) is 1.06. The van der Waals surface area contributed by atoms with Gasteiger partial charge in [0, 0.05) is 9.86 Å². The lowest BCUT2D eigenvalue weighted by Crippen LogP contribution is -2.32. The number of aromatic amines is 1. The smallest absolute Gasteiger partial charge is 0.408 e. The molecule has 2 N–H and O–H groups in total. The molecule has 0 fully saturated rings. The summed E-state index contributed by atoms with van der Waals surface area (Å²) in [6.07, 6.45) is -0.477. The van der Waals surface area contributed by atoms with E-state index in [1.807, 2.05) is 39.0 Å². The minimum Gasteiger partial charge on any atom is -0.444 e. The van der Waals surface area contributed by atoms with Gasteiger partial charge in [0.25, 0.3) is 0 Å². The van der Waals surface area contributed by atoms with Crippen molar-refractivity contribution in [3.63, 3.8) is 0 Å². The summed E-state index contributed by atoms with van der Waals surface area (Å²) in [5, 5.41) is 10.6. The zero-order chi connectivity index (χ0) is 15.5. The Hall–Kier alpha value is -2.00. The minimum atomic E-state index is -0.509. The van der Waals surface area contributed by atoms with Gasteiger partial charge in [0.15, 0.2) is 0 Å². The number of nitrogens with one attached hydrogen (secondary N) is 2. The van der Waals surface area contributed by atoms with E-state index in [2.05, 4.69) is 43.3 Å². The van der Waals surface area contributed by atoms with Gasteiger partial charge in [-0.1, -0.05) is 21.9 Å². The van der Waals surface area contributed by atoms with Crippen LogP contribution in [-0.4, -0.2) is 28.4 Å². The summed E-state index contributed by atoms with van der Waals surface area (Å²) in [6, 6.07) is 5.78. The van der Waals surface area contributed by atoms with E-state index in [1.165, 1.54) is 0 Å². The molecule has 0 aliphatic heterocycles. The third kappa shape index (κ3) is 4.50. The molecule has 6 heteroatoms. The molecule has 21 heavy (non-hydrogen) atoms. The van der Waals surface area contributed by atoms with Crippen LogP contribution in [0.1, 0.15) is 26.5 Å². The normalized spacial score (nSPS) is 10.9. The van der Waals surface area contributed by atoms with Crippen LogP contribution < -0.4 is 5.32 Å². The van der Waals surface area contributed by atoms with Crippen LogP contribution in [0.25, 0.3) is 10.9 Å². The fourth-order valence-corrected chi connectivity index (χ4v) is 1.99. The first-order valence-corrected chi connectivity index (χ1v) is 7.24. The molecule has 5 nitrogen and oxygen atoms in total. The summed E-state index contributed by atoms with van der Waals surface area (Å²) >= 11 is 3.39. The molecular weight excluding hydrogens is 334 g/mol. The molecule has 0 saturated heterocycles. The molecule has 0 saturated carbocycles. The predicted octanol–water partition coefficient (Wildman–Crippen LogP) is 3.20. The highest BCUT2D eigenvalue weighted by molar-refractivity contribution is 9.10. The molecule has 0 atom stereocenters. The summed E-state index contributed by atoms with van der Waals surface area (Å²) in [6.45, 7) is 5.65. The highest BCUT2D eigenvalue weighted by Gasteiger charge is 2.15. The van der Waals surface area contributed by atoms with Crippen molar-refractivity contribution in [3.8, 4) is 11.8 Å². The number of fused-ring (bicyclic) bond motifs is 1. The molecule has 0 aliphatic rings. The molecule has 110 valence electrons. The quantitative estimate of drug-likeness (QED) is 0.777. The summed E-state index contributed by atoms with van der Waals surface area (Å²) in [7, 11) is 0. The van der Waals surface area contributed by atoms with Crippen LogP contribution in [0, 0.1) is 11.8 Å². The van der Waals surface area contributed by atoms with E-state index >= 15 is 0 Å². The van der Waals surface area contributed by atoms with E-state index in [-0.39, 0.29) is 6.54 Å². The number of halogens is 1. The Balaban J connectivity index is 1.97. The zero-order valence-corrected chi connectivity index (χ0v) is 13.7. The van der Waals surface area contributed by atoms with Crippen molar-refractivity contribution in [2.45, 2.75) is 26.4 Å². The van der Waals surface area contributed by atoms with E-state index in [0.717, 1.165) is 21.1 Å². The van der Waals surface area contributed by atoms with Gasteiger partial charge in [0.2, 0.25) is 0 Å². The molecule has 2 aromatic rings. The van der Waals surface area contributed by atoms with Crippen molar-refractivity contribution >= 4 is 32.9 Å². The lowest BCUT2D eigenvalue weighted by Gasteiger charge is -2.18. The van der Waals surface area contributed by atoms with E-state index in [0.29, 0.717) is 0 Å². The number of aromatic nitrogens is 2. The molecular formula is C15H16BrN3O2. The third-order valence-corrected chi connectivity index (χ3v) is 2.94. The van der Waals surface area contributed by atoms with Gasteiger partial charge in [0.1, 0.15) is 11.3 Å². The number of H-pyrrole nitrogens is 1. The van der Waals surface area contributed by atoms with Crippen molar-refractivity contribution in [2.75, 3.05) is 6.54 Å². The van der Waals surface area contributed by atoms with E-state index in [4.69, 9.17) is 4.74 Å². The monoisotopic (exact) mass is 349 g/mol. The fourth-order valence-electron chi connectivity index (χ4n) is 1.64. The van der Waals surface area contributed by atoms with Gasteiger partial charge in [-0.2, -0.15) is 5.10 Å². The maximum Gasteiger partial charge on any atom is 0.408 e. The fraction of sp³-hybridized carbons (Fsp3) is 0.333. The molecule has 0 radical (unpaired) electrons. The van der Waals surface area contributed by atoms with Crippen LogP contribution >= 0.6 is 15.9 Å². The minimum absolute atomic E-state index is 0.214. The first kappa shape index (κ1) is 15.4. The molecule has 0 bridgehead atoms. The van der Waals surface area contributed by atoms with Gasteiger partial charge in [-0.25, -0.2) is 4.79 Å². The van der Waals surface area contributed by atoms with Crippen LogP contribution in [0.15, 0.2) is 22.7 Å². The second kappa shape index (κ2) is 6.19. The molecule has 2 rings (SSSR count). The molecule has 1 amide bonds. The third-order valence-electron chi connectivity index (χ3n) is 2.45. The van der Waals surface area contributed by atoms with Crippen molar-refractivity contribution in [1.82, 2.24) is 15.5 Å². The number of carbonyl (C=O) groups excluding carboxylic acids is 1. The Bertz CT molecular complexity index is 720. The number of rotatable bonds is 1. The Morgan fingerprint density at radius 3 is 2.95 bits per heavy atom. The summed E-state index contributed by atoms with van der Waals surface area (Å²) in [5.74, 6) is 5.82. The number of ether oxygens (including phenoxy) is 1. The van der Waals surface area contributed by atoms with E-state index < -0.39 is 11.7 Å². The maximum absolute atomic E-state index is 11.4. The highest BCUT2D eigenvalue weighted by atomic mass is 79.9. The zero-order valence-electron chi connectivity index (χ0n) is 12.1. The number of carbonyl (C=O) groups is 1. The topological polar surface area (TPSA) is 67.0 Å². The van der Waals surface area contributed by atoms with E-state index in [9.17, 15) is 4.79 Å². The Morgan fingerprint density at radius 1 is 1.48 bits per heavy atom. The van der Waals surface area contributed by atoms with Crippen LogP contribution in [0.5, 0.6) is 0 Å². The maximum atomic E-state index is 11.4. The van der Waals surface area contributed by atoms with E-state index in [1.54, 1.807) is 0 Å². The van der Waals surface area contributed by atoms with Crippen LogP contribution in [0.3, 0.4) is 0 Å². The molecule has 0 unspecified atom stereocenters. The van der Waals surface area contributed by atoms with Gasteiger partial charge in [0.05, 0.1) is 12.1 Å².